The average molecular weight is 266 g/mol. The van der Waals surface area contributed by atoms with Crippen LogP contribution in [0.25, 0.3) is 0 Å². The van der Waals surface area contributed by atoms with Crippen LogP contribution in [0.1, 0.15) is 25.7 Å². The molecule has 0 heterocycles. The van der Waals surface area contributed by atoms with E-state index in [4.69, 9.17) is 0 Å². The molecule has 3 rings (SSSR count). The summed E-state index contributed by atoms with van der Waals surface area (Å²) in [5, 5.41) is 5.13. The Bertz CT molecular complexity index is 466. The summed E-state index contributed by atoms with van der Waals surface area (Å²) in [5.74, 6) is -0.429. The first-order valence-electron chi connectivity index (χ1n) is 6.66. The summed E-state index contributed by atoms with van der Waals surface area (Å²) < 4.78 is 26.8. The van der Waals surface area contributed by atoms with Crippen LogP contribution in [0.2, 0.25) is 0 Å². The van der Waals surface area contributed by atoms with Crippen molar-refractivity contribution < 1.29 is 13.6 Å². The normalized spacial score (nSPS) is 18.5. The number of carbonyl (C=O) groups is 1. The number of nitrogens with one attached hydrogen (secondary N) is 2. The third kappa shape index (κ3) is 2.85. The molecule has 0 radical (unpaired) electrons. The average Bonchev–Trinajstić information content (AvgIpc) is 3.25. The standard InChI is InChI=1S/C14H16F2N2O/c15-10-2-1-3-11(16)13(10)18-14(19)17-12(8-4-5-8)9-6-7-9/h1-3,8-9,12H,4-7H2,(H2,17,18,19). The van der Waals surface area contributed by atoms with Crippen molar-refractivity contribution in [2.24, 2.45) is 11.8 Å². The number of anilines is 1. The number of para-hydroxylation sites is 1. The van der Waals surface area contributed by atoms with Gasteiger partial charge in [-0.1, -0.05) is 6.07 Å². The SMILES string of the molecule is O=C(Nc1c(F)cccc1F)NC(C1CC1)C1CC1. The van der Waals surface area contributed by atoms with Gasteiger partial charge >= 0.3 is 6.03 Å². The van der Waals surface area contributed by atoms with E-state index in [9.17, 15) is 13.6 Å². The molecule has 0 spiro atoms. The summed E-state index contributed by atoms with van der Waals surface area (Å²) in [5.41, 5.74) is -0.384. The van der Waals surface area contributed by atoms with Gasteiger partial charge < -0.3 is 10.6 Å². The number of amides is 2. The van der Waals surface area contributed by atoms with Gasteiger partial charge in [-0.2, -0.15) is 0 Å². The fourth-order valence-electron chi connectivity index (χ4n) is 2.45. The maximum atomic E-state index is 13.4. The van der Waals surface area contributed by atoms with Crippen LogP contribution in [0, 0.1) is 23.5 Å². The molecule has 102 valence electrons. The van der Waals surface area contributed by atoms with Crippen molar-refractivity contribution in [3.05, 3.63) is 29.8 Å². The minimum atomic E-state index is -0.760. The summed E-state index contributed by atoms with van der Waals surface area (Å²) in [6.07, 6.45) is 4.54. The van der Waals surface area contributed by atoms with E-state index in [1.165, 1.54) is 6.07 Å². The number of hydrogen-bond donors (Lipinski definition) is 2. The van der Waals surface area contributed by atoms with Crippen LogP contribution in [0.5, 0.6) is 0 Å². The van der Waals surface area contributed by atoms with E-state index >= 15 is 0 Å². The third-order valence-electron chi connectivity index (χ3n) is 3.76. The zero-order chi connectivity index (χ0) is 13.4. The lowest BCUT2D eigenvalue weighted by Gasteiger charge is -2.18. The maximum Gasteiger partial charge on any atom is 0.319 e. The highest BCUT2D eigenvalue weighted by Gasteiger charge is 2.42. The number of urea groups is 1. The maximum absolute atomic E-state index is 13.4. The molecule has 5 heteroatoms. The van der Waals surface area contributed by atoms with Gasteiger partial charge in [-0.25, -0.2) is 13.6 Å². The van der Waals surface area contributed by atoms with E-state index in [-0.39, 0.29) is 11.7 Å². The van der Waals surface area contributed by atoms with E-state index in [0.717, 1.165) is 37.8 Å². The Morgan fingerprint density at radius 1 is 1.11 bits per heavy atom. The first-order valence-corrected chi connectivity index (χ1v) is 6.66. The van der Waals surface area contributed by atoms with Crippen molar-refractivity contribution >= 4 is 11.7 Å². The zero-order valence-electron chi connectivity index (χ0n) is 10.5. The van der Waals surface area contributed by atoms with E-state index in [1.54, 1.807) is 0 Å². The van der Waals surface area contributed by atoms with Gasteiger partial charge in [0.1, 0.15) is 17.3 Å². The smallest absolute Gasteiger partial charge is 0.319 e. The minimum absolute atomic E-state index is 0.162. The van der Waals surface area contributed by atoms with Gasteiger partial charge in [0.25, 0.3) is 0 Å². The number of halogens is 2. The van der Waals surface area contributed by atoms with E-state index in [2.05, 4.69) is 10.6 Å². The number of benzene rings is 1. The van der Waals surface area contributed by atoms with Gasteiger partial charge in [-0.05, 0) is 49.7 Å². The van der Waals surface area contributed by atoms with Gasteiger partial charge in [-0.15, -0.1) is 0 Å². The second-order valence-corrected chi connectivity index (χ2v) is 5.40. The molecular weight excluding hydrogens is 250 g/mol. The molecule has 19 heavy (non-hydrogen) atoms. The number of hydrogen-bond acceptors (Lipinski definition) is 1. The van der Waals surface area contributed by atoms with Crippen molar-refractivity contribution in [3.8, 4) is 0 Å². The van der Waals surface area contributed by atoms with Gasteiger partial charge in [0.2, 0.25) is 0 Å². The van der Waals surface area contributed by atoms with Gasteiger partial charge in [-0.3, -0.25) is 0 Å². The fraction of sp³-hybridized carbons (Fsp3) is 0.500. The summed E-state index contributed by atoms with van der Waals surface area (Å²) in [6.45, 7) is 0. The molecule has 2 amide bonds. The topological polar surface area (TPSA) is 41.1 Å². The second-order valence-electron chi connectivity index (χ2n) is 5.40. The first-order chi connectivity index (χ1) is 9.15. The predicted octanol–water partition coefficient (Wildman–Crippen LogP) is 3.27. The van der Waals surface area contributed by atoms with Gasteiger partial charge in [0, 0.05) is 6.04 Å². The van der Waals surface area contributed by atoms with E-state index < -0.39 is 17.7 Å². The molecule has 2 N–H and O–H groups in total. The second kappa shape index (κ2) is 4.79. The third-order valence-corrected chi connectivity index (χ3v) is 3.76. The molecule has 2 fully saturated rings. The Kier molecular flexibility index (Phi) is 3.12. The van der Waals surface area contributed by atoms with Crippen molar-refractivity contribution in [2.75, 3.05) is 5.32 Å². The minimum Gasteiger partial charge on any atom is -0.335 e. The van der Waals surface area contributed by atoms with Crippen LogP contribution >= 0.6 is 0 Å². The lowest BCUT2D eigenvalue weighted by Crippen LogP contribution is -2.41. The number of rotatable bonds is 4. The summed E-state index contributed by atoms with van der Waals surface area (Å²) >= 11 is 0. The highest BCUT2D eigenvalue weighted by Crippen LogP contribution is 2.44. The summed E-state index contributed by atoms with van der Waals surface area (Å²) in [6, 6.07) is 3.16. The lowest BCUT2D eigenvalue weighted by molar-refractivity contribution is 0.244. The highest BCUT2D eigenvalue weighted by atomic mass is 19.1. The molecule has 2 saturated carbocycles. The Morgan fingerprint density at radius 3 is 2.11 bits per heavy atom. The molecule has 2 aliphatic rings. The largest absolute Gasteiger partial charge is 0.335 e. The Balaban J connectivity index is 1.64. The van der Waals surface area contributed by atoms with Crippen molar-refractivity contribution in [3.63, 3.8) is 0 Å². The van der Waals surface area contributed by atoms with Crippen molar-refractivity contribution in [1.82, 2.24) is 5.32 Å². The first kappa shape index (κ1) is 12.4. The molecule has 1 aromatic carbocycles. The summed E-state index contributed by atoms with van der Waals surface area (Å²) in [4.78, 5) is 11.8. The Morgan fingerprint density at radius 2 is 1.63 bits per heavy atom. The van der Waals surface area contributed by atoms with Crippen LogP contribution in [-0.4, -0.2) is 12.1 Å². The van der Waals surface area contributed by atoms with Crippen LogP contribution in [-0.2, 0) is 0 Å². The van der Waals surface area contributed by atoms with Crippen LogP contribution in [0.4, 0.5) is 19.3 Å². The molecule has 3 nitrogen and oxygen atoms in total. The summed E-state index contributed by atoms with van der Waals surface area (Å²) in [7, 11) is 0. The molecule has 0 atom stereocenters. The molecule has 0 aromatic heterocycles. The van der Waals surface area contributed by atoms with Crippen LogP contribution < -0.4 is 10.6 Å². The van der Waals surface area contributed by atoms with Crippen LogP contribution in [0.15, 0.2) is 18.2 Å². The molecule has 0 aliphatic heterocycles. The highest BCUT2D eigenvalue weighted by molar-refractivity contribution is 5.89. The van der Waals surface area contributed by atoms with Crippen molar-refractivity contribution in [1.29, 1.82) is 0 Å². The van der Waals surface area contributed by atoms with Crippen LogP contribution in [0.3, 0.4) is 0 Å². The Hall–Kier alpha value is -1.65. The van der Waals surface area contributed by atoms with Gasteiger partial charge in [0.05, 0.1) is 0 Å². The molecule has 0 saturated heterocycles. The van der Waals surface area contributed by atoms with E-state index in [0.29, 0.717) is 11.8 Å². The molecule has 1 aromatic rings. The number of carbonyl (C=O) groups excluding carboxylic acids is 1. The van der Waals surface area contributed by atoms with Gasteiger partial charge in [0.15, 0.2) is 0 Å². The molecule has 0 unspecified atom stereocenters. The zero-order valence-corrected chi connectivity index (χ0v) is 10.5. The lowest BCUT2D eigenvalue weighted by atomic mass is 10.1. The molecule has 0 bridgehead atoms. The van der Waals surface area contributed by atoms with E-state index in [1.807, 2.05) is 0 Å². The quantitative estimate of drug-likeness (QED) is 0.862. The Labute approximate surface area is 110 Å². The van der Waals surface area contributed by atoms with Crippen molar-refractivity contribution in [2.45, 2.75) is 31.7 Å². The monoisotopic (exact) mass is 266 g/mol. The molecule has 2 aliphatic carbocycles. The predicted molar refractivity (Wildman–Crippen MR) is 67.7 cm³/mol. The molecular formula is C14H16F2N2O. The fourth-order valence-corrected chi connectivity index (χ4v) is 2.45.